The third-order valence-corrected chi connectivity index (χ3v) is 7.08. The minimum absolute atomic E-state index is 0.0901. The van der Waals surface area contributed by atoms with Crippen LogP contribution in [0.2, 0.25) is 0 Å². The van der Waals surface area contributed by atoms with Gasteiger partial charge in [-0.25, -0.2) is 23.7 Å². The highest BCUT2D eigenvalue weighted by atomic mass is 19.1. The molecule has 0 spiro atoms. The molecule has 0 saturated carbocycles. The standard InChI is InChI=1S/C27H33F2N7/c1-16(2)36-17(3)32-26-21(28)12-20(13-23(26)36)25-22(29)15-31-27(34-25)33-24-6-5-19(14-30-24)11-18-7-9-35(4)10-8-18/h5-6,12-16,18,25H,7-11H2,1-4H3,(H2,30,31,33,34). The van der Waals surface area contributed by atoms with E-state index in [4.69, 9.17) is 0 Å². The summed E-state index contributed by atoms with van der Waals surface area (Å²) in [5.41, 5.74) is 2.56. The molecule has 190 valence electrons. The van der Waals surface area contributed by atoms with Gasteiger partial charge >= 0.3 is 0 Å². The minimum Gasteiger partial charge on any atom is -0.330 e. The van der Waals surface area contributed by atoms with Crippen LogP contribution in [0, 0.1) is 18.7 Å². The maximum atomic E-state index is 14.9. The zero-order valence-corrected chi connectivity index (χ0v) is 21.2. The third kappa shape index (κ3) is 4.97. The van der Waals surface area contributed by atoms with Crippen LogP contribution in [-0.4, -0.2) is 45.5 Å². The van der Waals surface area contributed by atoms with Crippen LogP contribution in [0.1, 0.15) is 55.7 Å². The first-order chi connectivity index (χ1) is 17.3. The van der Waals surface area contributed by atoms with Crippen molar-refractivity contribution in [3.63, 3.8) is 0 Å². The van der Waals surface area contributed by atoms with Crippen molar-refractivity contribution >= 4 is 22.8 Å². The summed E-state index contributed by atoms with van der Waals surface area (Å²) >= 11 is 0. The number of likely N-dealkylation sites (tertiary alicyclic amines) is 1. The number of hydrogen-bond acceptors (Lipinski definition) is 6. The molecule has 0 aliphatic carbocycles. The molecule has 2 aliphatic rings. The summed E-state index contributed by atoms with van der Waals surface area (Å²) in [6.07, 6.45) is 6.58. The van der Waals surface area contributed by atoms with Crippen LogP contribution >= 0.6 is 0 Å². The zero-order chi connectivity index (χ0) is 25.4. The number of pyridine rings is 1. The highest BCUT2D eigenvalue weighted by Crippen LogP contribution is 2.33. The second-order valence-corrected chi connectivity index (χ2v) is 10.2. The number of aromatic nitrogens is 3. The van der Waals surface area contributed by atoms with E-state index in [0.717, 1.165) is 19.5 Å². The van der Waals surface area contributed by atoms with Crippen LogP contribution in [0.4, 0.5) is 14.6 Å². The predicted octanol–water partition coefficient (Wildman–Crippen LogP) is 5.27. The molecule has 2 aliphatic heterocycles. The monoisotopic (exact) mass is 493 g/mol. The van der Waals surface area contributed by atoms with E-state index in [1.165, 1.54) is 30.7 Å². The Morgan fingerprint density at radius 2 is 1.94 bits per heavy atom. The molecule has 2 N–H and O–H groups in total. The maximum Gasteiger partial charge on any atom is 0.202 e. The highest BCUT2D eigenvalue weighted by Gasteiger charge is 2.25. The van der Waals surface area contributed by atoms with Crippen molar-refractivity contribution in [2.75, 3.05) is 25.5 Å². The van der Waals surface area contributed by atoms with E-state index in [2.05, 4.69) is 43.6 Å². The van der Waals surface area contributed by atoms with Gasteiger partial charge in [0.15, 0.2) is 5.82 Å². The SMILES string of the molecule is Cc1nc2c(F)cc(C3N=C(Nc4ccc(CC5CCN(C)CC5)cn4)NC=C3F)cc2n1C(C)C. The second-order valence-electron chi connectivity index (χ2n) is 10.2. The minimum atomic E-state index is -0.966. The van der Waals surface area contributed by atoms with Gasteiger partial charge in [-0.05, 0) is 95.4 Å². The van der Waals surface area contributed by atoms with Crippen molar-refractivity contribution in [3.8, 4) is 0 Å². The van der Waals surface area contributed by atoms with Crippen LogP contribution in [0.3, 0.4) is 0 Å². The fourth-order valence-electron chi connectivity index (χ4n) is 5.19. The van der Waals surface area contributed by atoms with Crippen molar-refractivity contribution < 1.29 is 8.78 Å². The highest BCUT2D eigenvalue weighted by molar-refractivity contribution is 5.94. The Kier molecular flexibility index (Phi) is 6.75. The number of halogens is 2. The topological polar surface area (TPSA) is 70.4 Å². The maximum absolute atomic E-state index is 14.9. The normalized spacial score (nSPS) is 19.4. The van der Waals surface area contributed by atoms with Gasteiger partial charge in [-0.1, -0.05) is 6.07 Å². The average molecular weight is 494 g/mol. The molecule has 36 heavy (non-hydrogen) atoms. The number of anilines is 1. The lowest BCUT2D eigenvalue weighted by atomic mass is 9.91. The first-order valence-electron chi connectivity index (χ1n) is 12.6. The Labute approximate surface area is 210 Å². The molecule has 9 heteroatoms. The van der Waals surface area contributed by atoms with Crippen LogP contribution in [0.25, 0.3) is 11.0 Å². The summed E-state index contributed by atoms with van der Waals surface area (Å²) in [5, 5.41) is 5.95. The number of nitrogens with one attached hydrogen (secondary N) is 2. The molecule has 1 aromatic carbocycles. The number of rotatable bonds is 5. The number of imidazole rings is 1. The largest absolute Gasteiger partial charge is 0.330 e. The number of hydrogen-bond donors (Lipinski definition) is 2. The Balaban J connectivity index is 1.34. The van der Waals surface area contributed by atoms with Gasteiger partial charge in [0.2, 0.25) is 5.96 Å². The van der Waals surface area contributed by atoms with E-state index in [-0.39, 0.29) is 11.6 Å². The van der Waals surface area contributed by atoms with Crippen molar-refractivity contribution in [2.45, 2.75) is 52.1 Å². The van der Waals surface area contributed by atoms with Crippen LogP contribution in [-0.2, 0) is 6.42 Å². The van der Waals surface area contributed by atoms with E-state index in [1.54, 1.807) is 6.07 Å². The molecule has 1 atom stereocenters. The van der Waals surface area contributed by atoms with Crippen molar-refractivity contribution in [1.82, 2.24) is 24.8 Å². The predicted molar refractivity (Wildman–Crippen MR) is 139 cm³/mol. The number of aryl methyl sites for hydroxylation is 1. The van der Waals surface area contributed by atoms with E-state index < -0.39 is 17.7 Å². The summed E-state index contributed by atoms with van der Waals surface area (Å²) < 4.78 is 31.7. The Morgan fingerprint density at radius 3 is 2.64 bits per heavy atom. The fourth-order valence-corrected chi connectivity index (χ4v) is 5.19. The molecule has 1 fully saturated rings. The molecule has 0 amide bonds. The molecule has 3 aromatic rings. The van der Waals surface area contributed by atoms with E-state index in [1.807, 2.05) is 37.6 Å². The Morgan fingerprint density at radius 1 is 1.17 bits per heavy atom. The summed E-state index contributed by atoms with van der Waals surface area (Å²) in [4.78, 5) is 15.8. The summed E-state index contributed by atoms with van der Waals surface area (Å²) in [6, 6.07) is 6.20. The van der Waals surface area contributed by atoms with Gasteiger partial charge in [0, 0.05) is 18.4 Å². The third-order valence-electron chi connectivity index (χ3n) is 7.08. The van der Waals surface area contributed by atoms with Gasteiger partial charge in [-0.3, -0.25) is 0 Å². The molecular weight excluding hydrogens is 460 g/mol. The van der Waals surface area contributed by atoms with Gasteiger partial charge < -0.3 is 20.1 Å². The molecule has 5 rings (SSSR count). The lowest BCUT2D eigenvalue weighted by molar-refractivity contribution is 0.219. The number of benzene rings is 1. The smallest absolute Gasteiger partial charge is 0.202 e. The number of nitrogens with zero attached hydrogens (tertiary/aromatic N) is 5. The molecule has 7 nitrogen and oxygen atoms in total. The van der Waals surface area contributed by atoms with Gasteiger partial charge in [-0.2, -0.15) is 0 Å². The number of fused-ring (bicyclic) bond motifs is 1. The number of aliphatic imine (C=N–C) groups is 1. The molecule has 1 saturated heterocycles. The summed E-state index contributed by atoms with van der Waals surface area (Å²) in [7, 11) is 2.17. The molecule has 0 radical (unpaired) electrons. The van der Waals surface area contributed by atoms with Crippen LogP contribution < -0.4 is 10.6 Å². The Bertz CT molecular complexity index is 1300. The molecule has 4 heterocycles. The van der Waals surface area contributed by atoms with Gasteiger partial charge in [-0.15, -0.1) is 0 Å². The van der Waals surface area contributed by atoms with Crippen LogP contribution in [0.15, 0.2) is 47.5 Å². The average Bonchev–Trinajstić information content (AvgIpc) is 3.19. The van der Waals surface area contributed by atoms with Gasteiger partial charge in [0.05, 0.1) is 5.52 Å². The quantitative estimate of drug-likeness (QED) is 0.507. The summed E-state index contributed by atoms with van der Waals surface area (Å²) in [5.74, 6) is 1.39. The molecule has 1 unspecified atom stereocenters. The molecular formula is C27H33F2N7. The van der Waals surface area contributed by atoms with E-state index in [9.17, 15) is 8.78 Å². The van der Waals surface area contributed by atoms with Crippen molar-refractivity contribution in [1.29, 1.82) is 0 Å². The Hall–Kier alpha value is -3.33. The fraction of sp³-hybridized carbons (Fsp3) is 0.444. The second kappa shape index (κ2) is 9.97. The lowest BCUT2D eigenvalue weighted by Crippen LogP contribution is -2.31. The van der Waals surface area contributed by atoms with Gasteiger partial charge in [0.1, 0.15) is 29.0 Å². The first kappa shape index (κ1) is 24.4. The number of piperidine rings is 1. The first-order valence-corrected chi connectivity index (χ1v) is 12.6. The molecule has 2 aromatic heterocycles. The van der Waals surface area contributed by atoms with Crippen molar-refractivity contribution in [3.05, 3.63) is 65.3 Å². The molecule has 0 bridgehead atoms. The van der Waals surface area contributed by atoms with Crippen molar-refractivity contribution in [2.24, 2.45) is 10.9 Å². The van der Waals surface area contributed by atoms with E-state index >= 15 is 0 Å². The van der Waals surface area contributed by atoms with Crippen LogP contribution in [0.5, 0.6) is 0 Å². The summed E-state index contributed by atoms with van der Waals surface area (Å²) in [6.45, 7) is 8.15. The van der Waals surface area contributed by atoms with Gasteiger partial charge in [0.25, 0.3) is 0 Å². The van der Waals surface area contributed by atoms with E-state index in [0.29, 0.717) is 34.6 Å². The number of guanidine groups is 1. The lowest BCUT2D eigenvalue weighted by Gasteiger charge is -2.28. The zero-order valence-electron chi connectivity index (χ0n) is 21.2.